The fourth-order valence-corrected chi connectivity index (χ4v) is 2.71. The van der Waals surface area contributed by atoms with Crippen molar-refractivity contribution in [2.24, 2.45) is 0 Å². The minimum absolute atomic E-state index is 0.592. The molecule has 0 amide bonds. The van der Waals surface area contributed by atoms with Crippen molar-refractivity contribution in [1.82, 2.24) is 0 Å². The van der Waals surface area contributed by atoms with Gasteiger partial charge in [0.1, 0.15) is 42.2 Å². The molecular weight excluding hydrogens is 348 g/mol. The van der Waals surface area contributed by atoms with Crippen LogP contribution in [-0.2, 0) is 19.0 Å². The van der Waals surface area contributed by atoms with Crippen LogP contribution in [0.1, 0.15) is 6.92 Å². The average molecular weight is 370 g/mol. The zero-order valence-electron chi connectivity index (χ0n) is 13.1. The van der Waals surface area contributed by atoms with Gasteiger partial charge in [0.15, 0.2) is 18.7 Å². The van der Waals surface area contributed by atoms with Gasteiger partial charge in [0.25, 0.3) is 0 Å². The molecule has 10 atom stereocenters. The van der Waals surface area contributed by atoms with E-state index in [1.807, 2.05) is 0 Å². The molecule has 12 nitrogen and oxygen atoms in total. The minimum atomic E-state index is -2.29. The van der Waals surface area contributed by atoms with E-state index in [1.54, 1.807) is 0 Å². The number of carboxylic acid groups (broad SMARTS) is 1. The Hall–Kier alpha value is -0.930. The molecule has 0 spiro atoms. The normalized spacial score (nSPS) is 51.3. The second-order valence-corrected chi connectivity index (χ2v) is 6.25. The van der Waals surface area contributed by atoms with Gasteiger partial charge < -0.3 is 55.1 Å². The van der Waals surface area contributed by atoms with E-state index in [0.717, 1.165) is 6.92 Å². The van der Waals surface area contributed by atoms with Crippen LogP contribution in [0.3, 0.4) is 0 Å². The van der Waals surface area contributed by atoms with Crippen molar-refractivity contribution in [3.8, 4) is 0 Å². The molecule has 0 bridgehead atoms. The lowest BCUT2D eigenvalue weighted by molar-refractivity contribution is -0.335. The molecule has 12 heteroatoms. The van der Waals surface area contributed by atoms with Gasteiger partial charge in [-0.3, -0.25) is 0 Å². The molecule has 0 aromatic carbocycles. The van der Waals surface area contributed by atoms with Crippen molar-refractivity contribution in [2.45, 2.75) is 67.8 Å². The molecule has 0 aromatic rings. The molecule has 146 valence electrons. The number of carboxylic acids is 1. The SMILES string of the molecule is C[C@@]1(O)[C@@H](C(=O)O)O[C@@H](OC[C@H]2O[C@@H](O)[C@H](O)[C@@H](O)[C@H]2O)[C@H](O)[C@H]1O. The summed E-state index contributed by atoms with van der Waals surface area (Å²) in [5.74, 6) is -1.60. The van der Waals surface area contributed by atoms with Crippen molar-refractivity contribution in [3.05, 3.63) is 0 Å². The predicted molar refractivity (Wildman–Crippen MR) is 73.8 cm³/mol. The Kier molecular flexibility index (Phi) is 6.00. The third-order valence-electron chi connectivity index (χ3n) is 4.34. The fourth-order valence-electron chi connectivity index (χ4n) is 2.71. The van der Waals surface area contributed by atoms with Crippen LogP contribution in [0.5, 0.6) is 0 Å². The topological polar surface area (TPSA) is 207 Å². The summed E-state index contributed by atoms with van der Waals surface area (Å²) in [5.41, 5.74) is -2.29. The second-order valence-electron chi connectivity index (χ2n) is 6.25. The van der Waals surface area contributed by atoms with E-state index in [1.165, 1.54) is 0 Å². The van der Waals surface area contributed by atoms with Gasteiger partial charge in [0.2, 0.25) is 0 Å². The van der Waals surface area contributed by atoms with Crippen molar-refractivity contribution in [3.63, 3.8) is 0 Å². The lowest BCUT2D eigenvalue weighted by Gasteiger charge is -2.45. The summed E-state index contributed by atoms with van der Waals surface area (Å²) in [4.78, 5) is 11.2. The number of hydrogen-bond donors (Lipinski definition) is 8. The third kappa shape index (κ3) is 3.78. The van der Waals surface area contributed by atoms with Crippen LogP contribution < -0.4 is 0 Å². The van der Waals surface area contributed by atoms with E-state index in [9.17, 15) is 40.5 Å². The molecular formula is C13H22O12. The Morgan fingerprint density at radius 3 is 2.16 bits per heavy atom. The molecule has 0 radical (unpaired) electrons. The Morgan fingerprint density at radius 2 is 1.60 bits per heavy atom. The summed E-state index contributed by atoms with van der Waals surface area (Å²) in [5, 5.41) is 77.0. The summed E-state index contributed by atoms with van der Waals surface area (Å²) in [7, 11) is 0. The maximum atomic E-state index is 11.2. The van der Waals surface area contributed by atoms with Gasteiger partial charge in [-0.1, -0.05) is 0 Å². The highest BCUT2D eigenvalue weighted by Crippen LogP contribution is 2.31. The molecule has 2 saturated heterocycles. The number of aliphatic carboxylic acids is 1. The van der Waals surface area contributed by atoms with Gasteiger partial charge in [-0.25, -0.2) is 4.79 Å². The van der Waals surface area contributed by atoms with Gasteiger partial charge in [0, 0.05) is 0 Å². The molecule has 2 fully saturated rings. The lowest BCUT2D eigenvalue weighted by Crippen LogP contribution is -2.67. The lowest BCUT2D eigenvalue weighted by atomic mass is 9.86. The first-order valence-corrected chi connectivity index (χ1v) is 7.44. The molecule has 0 unspecified atom stereocenters. The van der Waals surface area contributed by atoms with Crippen LogP contribution >= 0.6 is 0 Å². The van der Waals surface area contributed by atoms with E-state index in [0.29, 0.717) is 0 Å². The van der Waals surface area contributed by atoms with Gasteiger partial charge in [-0.05, 0) is 6.92 Å². The molecule has 2 aliphatic rings. The van der Waals surface area contributed by atoms with Gasteiger partial charge in [-0.15, -0.1) is 0 Å². The van der Waals surface area contributed by atoms with Crippen LogP contribution in [0.4, 0.5) is 0 Å². The number of hydrogen-bond acceptors (Lipinski definition) is 11. The van der Waals surface area contributed by atoms with E-state index >= 15 is 0 Å². The van der Waals surface area contributed by atoms with Gasteiger partial charge >= 0.3 is 5.97 Å². The molecule has 2 aliphatic heterocycles. The smallest absolute Gasteiger partial charge is 0.336 e. The molecule has 8 N–H and O–H groups in total. The monoisotopic (exact) mass is 370 g/mol. The van der Waals surface area contributed by atoms with Crippen LogP contribution in [0, 0.1) is 0 Å². The highest BCUT2D eigenvalue weighted by atomic mass is 16.7. The molecule has 0 saturated carbocycles. The highest BCUT2D eigenvalue weighted by Gasteiger charge is 2.55. The number of carbonyl (C=O) groups is 1. The molecule has 0 aliphatic carbocycles. The fraction of sp³-hybridized carbons (Fsp3) is 0.923. The largest absolute Gasteiger partial charge is 0.479 e. The maximum Gasteiger partial charge on any atom is 0.336 e. The minimum Gasteiger partial charge on any atom is -0.479 e. The van der Waals surface area contributed by atoms with Crippen molar-refractivity contribution < 1.29 is 59.9 Å². The third-order valence-corrected chi connectivity index (χ3v) is 4.34. The predicted octanol–water partition coefficient (Wildman–Crippen LogP) is -4.91. The Labute approximate surface area is 141 Å². The van der Waals surface area contributed by atoms with Crippen LogP contribution in [0.2, 0.25) is 0 Å². The summed E-state index contributed by atoms with van der Waals surface area (Å²) in [6, 6.07) is 0. The highest BCUT2D eigenvalue weighted by molar-refractivity contribution is 5.74. The Morgan fingerprint density at radius 1 is 1.00 bits per heavy atom. The van der Waals surface area contributed by atoms with Crippen LogP contribution in [-0.4, -0.2) is 114 Å². The first kappa shape index (κ1) is 20.4. The number of aliphatic hydroxyl groups excluding tert-OH is 6. The van der Waals surface area contributed by atoms with Crippen molar-refractivity contribution >= 4 is 5.97 Å². The standard InChI is InChI=1S/C13H22O12/c1-13(22)8(18)7(17)12(25-9(13)10(19)20)23-2-3-4(14)5(15)6(16)11(21)24-3/h3-9,11-12,14-18,21-22H,2H2,1H3,(H,19,20)/t3-,4+,5+,6-,7-,8-,9-,11-,12-,13+/m1/s1. The quantitative estimate of drug-likeness (QED) is 0.234. The van der Waals surface area contributed by atoms with Crippen LogP contribution in [0.15, 0.2) is 0 Å². The number of aliphatic hydroxyl groups is 7. The summed E-state index contributed by atoms with van der Waals surface area (Å²) in [6.45, 7) is 0.378. The zero-order valence-corrected chi connectivity index (χ0v) is 13.1. The van der Waals surface area contributed by atoms with E-state index < -0.39 is 73.5 Å². The Balaban J connectivity index is 2.03. The zero-order chi connectivity index (χ0) is 19.1. The van der Waals surface area contributed by atoms with Crippen LogP contribution in [0.25, 0.3) is 0 Å². The summed E-state index contributed by atoms with van der Waals surface area (Å²) in [6.07, 6.45) is -15.6. The van der Waals surface area contributed by atoms with Gasteiger partial charge in [0.05, 0.1) is 6.61 Å². The average Bonchev–Trinajstić information content (AvgIpc) is 2.54. The first-order chi connectivity index (χ1) is 11.5. The van der Waals surface area contributed by atoms with Gasteiger partial charge in [-0.2, -0.15) is 0 Å². The van der Waals surface area contributed by atoms with E-state index in [2.05, 4.69) is 0 Å². The first-order valence-electron chi connectivity index (χ1n) is 7.44. The van der Waals surface area contributed by atoms with Crippen molar-refractivity contribution in [2.75, 3.05) is 6.61 Å². The second kappa shape index (κ2) is 7.36. The molecule has 0 aromatic heterocycles. The summed E-state index contributed by atoms with van der Waals surface area (Å²) < 4.78 is 14.9. The molecule has 2 heterocycles. The molecule has 25 heavy (non-hydrogen) atoms. The number of rotatable bonds is 4. The van der Waals surface area contributed by atoms with E-state index in [-0.39, 0.29) is 0 Å². The Bertz CT molecular complexity index is 484. The van der Waals surface area contributed by atoms with Crippen molar-refractivity contribution in [1.29, 1.82) is 0 Å². The maximum absolute atomic E-state index is 11.2. The summed E-state index contributed by atoms with van der Waals surface area (Å²) >= 11 is 0. The van der Waals surface area contributed by atoms with E-state index in [4.69, 9.17) is 19.3 Å². The molecule has 2 rings (SSSR count). The number of ether oxygens (including phenoxy) is 3.